The fraction of sp³-hybridized carbons (Fsp3) is 0.263. The molecule has 0 bridgehead atoms. The van der Waals surface area contributed by atoms with Crippen LogP contribution in [0.1, 0.15) is 25.3 Å². The molecule has 24 heavy (non-hydrogen) atoms. The van der Waals surface area contributed by atoms with Gasteiger partial charge >= 0.3 is 0 Å². The van der Waals surface area contributed by atoms with Crippen molar-refractivity contribution < 1.29 is 14.3 Å². The van der Waals surface area contributed by atoms with Gasteiger partial charge in [-0.15, -0.1) is 0 Å². The molecule has 0 heterocycles. The Morgan fingerprint density at radius 1 is 1.04 bits per heavy atom. The number of nitrogens with one attached hydrogen (secondary N) is 1. The topological polar surface area (TPSA) is 59.9 Å². The molecule has 0 spiro atoms. The fourth-order valence-corrected chi connectivity index (χ4v) is 1.86. The first kappa shape index (κ1) is 17.5. The Morgan fingerprint density at radius 2 is 1.75 bits per heavy atom. The number of hydrogen-bond donors (Lipinski definition) is 1. The molecule has 2 aromatic rings. The van der Waals surface area contributed by atoms with E-state index in [0.29, 0.717) is 5.75 Å². The van der Waals surface area contributed by atoms with E-state index in [1.165, 1.54) is 0 Å². The second-order valence-corrected chi connectivity index (χ2v) is 5.17. The molecule has 0 aliphatic heterocycles. The summed E-state index contributed by atoms with van der Waals surface area (Å²) in [5, 5.41) is 3.91. The second-order valence-electron chi connectivity index (χ2n) is 5.17. The van der Waals surface area contributed by atoms with Gasteiger partial charge in [0.25, 0.3) is 5.91 Å². The number of para-hydroxylation sites is 1. The molecule has 2 rings (SSSR count). The second kappa shape index (κ2) is 10.0. The van der Waals surface area contributed by atoms with Crippen molar-refractivity contribution in [2.24, 2.45) is 5.10 Å². The minimum atomic E-state index is -0.311. The van der Waals surface area contributed by atoms with Crippen LogP contribution in [0.4, 0.5) is 0 Å². The molecule has 0 aliphatic carbocycles. The molecule has 0 saturated carbocycles. The molecule has 0 atom stereocenters. The van der Waals surface area contributed by atoms with Crippen molar-refractivity contribution in [2.75, 3.05) is 13.2 Å². The molecular weight excluding hydrogens is 304 g/mol. The highest BCUT2D eigenvalue weighted by Gasteiger charge is 2.00. The van der Waals surface area contributed by atoms with Crippen molar-refractivity contribution in [3.8, 4) is 11.5 Å². The smallest absolute Gasteiger partial charge is 0.277 e. The predicted octanol–water partition coefficient (Wildman–Crippen LogP) is 3.39. The normalized spacial score (nSPS) is 10.5. The van der Waals surface area contributed by atoms with Crippen LogP contribution in [0.3, 0.4) is 0 Å². The van der Waals surface area contributed by atoms with Gasteiger partial charge in [-0.1, -0.05) is 31.5 Å². The van der Waals surface area contributed by atoms with Gasteiger partial charge in [0.15, 0.2) is 6.61 Å². The average molecular weight is 326 g/mol. The van der Waals surface area contributed by atoms with Crippen LogP contribution in [0.25, 0.3) is 0 Å². The Kier molecular flexibility index (Phi) is 7.34. The summed E-state index contributed by atoms with van der Waals surface area (Å²) in [6.45, 7) is 2.77. The van der Waals surface area contributed by atoms with E-state index < -0.39 is 0 Å². The Hall–Kier alpha value is -2.82. The number of ether oxygens (including phenoxy) is 2. The molecule has 0 unspecified atom stereocenters. The van der Waals surface area contributed by atoms with Gasteiger partial charge in [-0.3, -0.25) is 4.79 Å². The zero-order chi connectivity index (χ0) is 17.0. The summed E-state index contributed by atoms with van der Waals surface area (Å²) in [7, 11) is 0. The molecule has 0 aliphatic rings. The molecule has 126 valence electrons. The van der Waals surface area contributed by atoms with Gasteiger partial charge in [0, 0.05) is 0 Å². The zero-order valence-electron chi connectivity index (χ0n) is 13.8. The summed E-state index contributed by atoms with van der Waals surface area (Å²) in [6, 6.07) is 16.7. The van der Waals surface area contributed by atoms with Gasteiger partial charge in [0.1, 0.15) is 11.5 Å². The summed E-state index contributed by atoms with van der Waals surface area (Å²) in [6.07, 6.45) is 3.73. The maximum Gasteiger partial charge on any atom is 0.277 e. The number of benzene rings is 2. The van der Waals surface area contributed by atoms with Crippen molar-refractivity contribution >= 4 is 12.1 Å². The van der Waals surface area contributed by atoms with Gasteiger partial charge in [0.2, 0.25) is 0 Å². The van der Waals surface area contributed by atoms with E-state index in [1.807, 2.05) is 42.5 Å². The van der Waals surface area contributed by atoms with Crippen LogP contribution in [0.5, 0.6) is 11.5 Å². The maximum atomic E-state index is 11.6. The number of carbonyl (C=O) groups is 1. The number of hydrogen-bond acceptors (Lipinski definition) is 4. The number of hydrazone groups is 1. The van der Waals surface area contributed by atoms with Crippen LogP contribution < -0.4 is 14.9 Å². The Labute approximate surface area is 142 Å². The lowest BCUT2D eigenvalue weighted by atomic mass is 10.2. The molecule has 0 saturated heterocycles. The first-order chi connectivity index (χ1) is 11.8. The standard InChI is InChI=1S/C19H22N2O3/c1-2-3-13-23-18-11-9-16(10-12-18)14-20-21-19(22)15-24-17-7-5-4-6-8-17/h4-12,14H,2-3,13,15H2,1H3,(H,21,22)/b20-14-. The SMILES string of the molecule is CCCCOc1ccc(/C=N\NC(=O)COc2ccccc2)cc1. The van der Waals surface area contributed by atoms with Crippen LogP contribution >= 0.6 is 0 Å². The summed E-state index contributed by atoms with van der Waals surface area (Å²) >= 11 is 0. The van der Waals surface area contributed by atoms with Crippen LogP contribution in [-0.4, -0.2) is 25.3 Å². The third kappa shape index (κ3) is 6.52. The van der Waals surface area contributed by atoms with Crippen LogP contribution in [0, 0.1) is 0 Å². The third-order valence-electron chi connectivity index (χ3n) is 3.16. The Balaban J connectivity index is 1.71. The van der Waals surface area contributed by atoms with Crippen molar-refractivity contribution in [2.45, 2.75) is 19.8 Å². The Bertz CT molecular complexity index is 639. The average Bonchev–Trinajstić information content (AvgIpc) is 2.62. The monoisotopic (exact) mass is 326 g/mol. The van der Waals surface area contributed by atoms with Gasteiger partial charge in [-0.05, 0) is 48.4 Å². The summed E-state index contributed by atoms with van der Waals surface area (Å²) < 4.78 is 10.9. The molecular formula is C19H22N2O3. The van der Waals surface area contributed by atoms with Gasteiger partial charge in [-0.2, -0.15) is 5.10 Å². The first-order valence-corrected chi connectivity index (χ1v) is 8.00. The molecule has 5 nitrogen and oxygen atoms in total. The Morgan fingerprint density at radius 3 is 2.46 bits per heavy atom. The highest BCUT2D eigenvalue weighted by atomic mass is 16.5. The molecule has 2 aromatic carbocycles. The number of nitrogens with zero attached hydrogens (tertiary/aromatic N) is 1. The zero-order valence-corrected chi connectivity index (χ0v) is 13.8. The van der Waals surface area contributed by atoms with Crippen LogP contribution in [0.2, 0.25) is 0 Å². The van der Waals surface area contributed by atoms with Gasteiger partial charge < -0.3 is 9.47 Å². The number of amides is 1. The number of unbranched alkanes of at least 4 members (excludes halogenated alkanes) is 1. The molecule has 0 aromatic heterocycles. The van der Waals surface area contributed by atoms with E-state index in [1.54, 1.807) is 18.3 Å². The minimum absolute atomic E-state index is 0.0778. The van der Waals surface area contributed by atoms with Crippen LogP contribution in [-0.2, 0) is 4.79 Å². The number of carbonyl (C=O) groups excluding carboxylic acids is 1. The molecule has 1 amide bonds. The van der Waals surface area contributed by atoms with Crippen molar-refractivity contribution in [3.63, 3.8) is 0 Å². The van der Waals surface area contributed by atoms with E-state index in [4.69, 9.17) is 9.47 Å². The summed E-state index contributed by atoms with van der Waals surface area (Å²) in [5.74, 6) is 1.17. The largest absolute Gasteiger partial charge is 0.494 e. The highest BCUT2D eigenvalue weighted by Crippen LogP contribution is 2.11. The maximum absolute atomic E-state index is 11.6. The van der Waals surface area contributed by atoms with E-state index in [2.05, 4.69) is 17.5 Å². The third-order valence-corrected chi connectivity index (χ3v) is 3.16. The summed E-state index contributed by atoms with van der Waals surface area (Å²) in [5.41, 5.74) is 3.31. The van der Waals surface area contributed by atoms with Crippen LogP contribution in [0.15, 0.2) is 59.7 Å². The molecule has 0 radical (unpaired) electrons. The van der Waals surface area contributed by atoms with E-state index in [0.717, 1.165) is 30.8 Å². The van der Waals surface area contributed by atoms with Crippen molar-refractivity contribution in [3.05, 3.63) is 60.2 Å². The molecule has 0 fully saturated rings. The predicted molar refractivity (Wildman–Crippen MR) is 94.5 cm³/mol. The van der Waals surface area contributed by atoms with E-state index in [9.17, 15) is 4.79 Å². The first-order valence-electron chi connectivity index (χ1n) is 8.00. The lowest BCUT2D eigenvalue weighted by Gasteiger charge is -2.05. The van der Waals surface area contributed by atoms with Crippen molar-refractivity contribution in [1.29, 1.82) is 0 Å². The van der Waals surface area contributed by atoms with E-state index >= 15 is 0 Å². The van der Waals surface area contributed by atoms with E-state index in [-0.39, 0.29) is 12.5 Å². The highest BCUT2D eigenvalue weighted by molar-refractivity contribution is 5.83. The van der Waals surface area contributed by atoms with Gasteiger partial charge in [0.05, 0.1) is 12.8 Å². The summed E-state index contributed by atoms with van der Waals surface area (Å²) in [4.78, 5) is 11.6. The number of rotatable bonds is 9. The van der Waals surface area contributed by atoms with Crippen molar-refractivity contribution in [1.82, 2.24) is 5.43 Å². The van der Waals surface area contributed by atoms with Gasteiger partial charge in [-0.25, -0.2) is 5.43 Å². The molecule has 1 N–H and O–H groups in total. The quantitative estimate of drug-likeness (QED) is 0.436. The lowest BCUT2D eigenvalue weighted by Crippen LogP contribution is -2.24. The fourth-order valence-electron chi connectivity index (χ4n) is 1.86. The minimum Gasteiger partial charge on any atom is -0.494 e. The molecule has 5 heteroatoms. The lowest BCUT2D eigenvalue weighted by molar-refractivity contribution is -0.123.